The fourth-order valence-corrected chi connectivity index (χ4v) is 8.86. The maximum Gasteiger partial charge on any atom is 0.135 e. The standard InChI is InChI=1S/C48H29N3O/c1-2-12-30(13-3-1)49-42-20-10-6-17-37(42)47-44(49)26-24-36-33-14-4-9-19-41(33)51(48(36)47)32-22-25-43-38(28-32)34-15-5-8-18-40(34)50(43)31-23-27-46-39(29-31)35-16-7-11-21-45(35)52-46/h1-29H. The van der Waals surface area contributed by atoms with E-state index in [9.17, 15) is 0 Å². The van der Waals surface area contributed by atoms with Crippen LogP contribution in [0.2, 0.25) is 0 Å². The number of benzene rings is 8. The van der Waals surface area contributed by atoms with Crippen molar-refractivity contribution < 1.29 is 4.42 Å². The predicted molar refractivity (Wildman–Crippen MR) is 217 cm³/mol. The quantitative estimate of drug-likeness (QED) is 0.185. The van der Waals surface area contributed by atoms with Gasteiger partial charge in [-0.2, -0.15) is 0 Å². The summed E-state index contributed by atoms with van der Waals surface area (Å²) in [6.07, 6.45) is 0. The number of furan rings is 1. The van der Waals surface area contributed by atoms with Crippen LogP contribution in [0.25, 0.3) is 104 Å². The summed E-state index contributed by atoms with van der Waals surface area (Å²) in [6, 6.07) is 63.6. The molecular formula is C48H29N3O. The molecule has 12 rings (SSSR count). The maximum absolute atomic E-state index is 6.20. The van der Waals surface area contributed by atoms with Crippen LogP contribution >= 0.6 is 0 Å². The number of hydrogen-bond donors (Lipinski definition) is 0. The molecule has 0 unspecified atom stereocenters. The van der Waals surface area contributed by atoms with Crippen molar-refractivity contribution in [1.29, 1.82) is 0 Å². The van der Waals surface area contributed by atoms with Crippen LogP contribution < -0.4 is 0 Å². The molecule has 0 aliphatic heterocycles. The molecule has 4 heterocycles. The first-order valence-corrected chi connectivity index (χ1v) is 17.8. The second-order valence-corrected chi connectivity index (χ2v) is 13.7. The summed E-state index contributed by atoms with van der Waals surface area (Å²) in [5.41, 5.74) is 12.4. The summed E-state index contributed by atoms with van der Waals surface area (Å²) in [5, 5.41) is 9.71. The van der Waals surface area contributed by atoms with Crippen molar-refractivity contribution in [2.24, 2.45) is 0 Å². The van der Waals surface area contributed by atoms with Crippen molar-refractivity contribution in [3.63, 3.8) is 0 Å². The highest BCUT2D eigenvalue weighted by atomic mass is 16.3. The Morgan fingerprint density at radius 3 is 1.62 bits per heavy atom. The average Bonchev–Trinajstić information content (AvgIpc) is 3.94. The lowest BCUT2D eigenvalue weighted by atomic mass is 10.1. The van der Waals surface area contributed by atoms with E-state index in [-0.39, 0.29) is 0 Å². The Morgan fingerprint density at radius 1 is 0.288 bits per heavy atom. The summed E-state index contributed by atoms with van der Waals surface area (Å²) in [5.74, 6) is 0. The molecule has 52 heavy (non-hydrogen) atoms. The second kappa shape index (κ2) is 10.3. The SMILES string of the molecule is c1ccc(-n2c3ccccc3c3c2ccc2c4ccccc4n(-c4ccc5c(c4)c4ccccc4n5-c4ccc5oc6ccccc6c5c4)c23)cc1. The van der Waals surface area contributed by atoms with E-state index in [2.05, 4.69) is 177 Å². The van der Waals surface area contributed by atoms with E-state index < -0.39 is 0 Å². The molecule has 8 aromatic carbocycles. The Bertz CT molecular complexity index is 3410. The molecular weight excluding hydrogens is 635 g/mol. The molecule has 0 amide bonds. The molecule has 0 saturated heterocycles. The lowest BCUT2D eigenvalue weighted by Gasteiger charge is -2.11. The molecule has 0 aliphatic rings. The highest BCUT2D eigenvalue weighted by molar-refractivity contribution is 6.26. The Labute approximate surface area is 297 Å². The zero-order valence-corrected chi connectivity index (χ0v) is 28.0. The smallest absolute Gasteiger partial charge is 0.135 e. The van der Waals surface area contributed by atoms with E-state index in [1.165, 1.54) is 65.4 Å². The van der Waals surface area contributed by atoms with Gasteiger partial charge >= 0.3 is 0 Å². The fraction of sp³-hybridized carbons (Fsp3) is 0. The van der Waals surface area contributed by atoms with Gasteiger partial charge in [-0.05, 0) is 78.9 Å². The van der Waals surface area contributed by atoms with Crippen LogP contribution in [-0.4, -0.2) is 13.7 Å². The van der Waals surface area contributed by atoms with Gasteiger partial charge in [0.05, 0.1) is 33.1 Å². The first-order valence-electron chi connectivity index (χ1n) is 17.8. The van der Waals surface area contributed by atoms with Gasteiger partial charge in [0.25, 0.3) is 0 Å². The van der Waals surface area contributed by atoms with Crippen LogP contribution in [0.1, 0.15) is 0 Å². The van der Waals surface area contributed by atoms with Gasteiger partial charge in [0.1, 0.15) is 11.2 Å². The van der Waals surface area contributed by atoms with E-state index >= 15 is 0 Å². The number of hydrogen-bond acceptors (Lipinski definition) is 1. The third-order valence-electron chi connectivity index (χ3n) is 11.0. The topological polar surface area (TPSA) is 27.9 Å². The van der Waals surface area contributed by atoms with Gasteiger partial charge in [-0.1, -0.05) is 97.1 Å². The van der Waals surface area contributed by atoms with E-state index in [4.69, 9.17) is 4.42 Å². The van der Waals surface area contributed by atoms with Crippen LogP contribution in [-0.2, 0) is 0 Å². The summed E-state index contributed by atoms with van der Waals surface area (Å²) in [7, 11) is 0. The molecule has 0 spiro atoms. The third kappa shape index (κ3) is 3.65. The van der Waals surface area contributed by atoms with Crippen LogP contribution in [0, 0.1) is 0 Å². The van der Waals surface area contributed by atoms with Crippen molar-refractivity contribution in [1.82, 2.24) is 13.7 Å². The normalized spacial score (nSPS) is 12.2. The Balaban J connectivity index is 1.17. The second-order valence-electron chi connectivity index (χ2n) is 13.7. The molecule has 242 valence electrons. The minimum absolute atomic E-state index is 0.902. The van der Waals surface area contributed by atoms with E-state index in [0.717, 1.165) is 39.0 Å². The van der Waals surface area contributed by atoms with Gasteiger partial charge in [0.15, 0.2) is 0 Å². The summed E-state index contributed by atoms with van der Waals surface area (Å²) in [4.78, 5) is 0. The average molecular weight is 664 g/mol. The molecule has 0 atom stereocenters. The molecule has 0 aliphatic carbocycles. The molecule has 0 bridgehead atoms. The van der Waals surface area contributed by atoms with E-state index in [0.29, 0.717) is 0 Å². The summed E-state index contributed by atoms with van der Waals surface area (Å²) >= 11 is 0. The van der Waals surface area contributed by atoms with Crippen molar-refractivity contribution >= 4 is 87.4 Å². The molecule has 0 radical (unpaired) electrons. The number of rotatable bonds is 3. The van der Waals surface area contributed by atoms with Gasteiger partial charge in [0.2, 0.25) is 0 Å². The zero-order chi connectivity index (χ0) is 33.9. The van der Waals surface area contributed by atoms with Gasteiger partial charge in [-0.25, -0.2) is 0 Å². The van der Waals surface area contributed by atoms with Crippen molar-refractivity contribution in [3.8, 4) is 17.1 Å². The van der Waals surface area contributed by atoms with Crippen LogP contribution in [0.3, 0.4) is 0 Å². The van der Waals surface area contributed by atoms with Gasteiger partial charge < -0.3 is 18.1 Å². The monoisotopic (exact) mass is 663 g/mol. The number of aromatic nitrogens is 3. The minimum atomic E-state index is 0.902. The first kappa shape index (κ1) is 27.7. The van der Waals surface area contributed by atoms with E-state index in [1.54, 1.807) is 0 Å². The van der Waals surface area contributed by atoms with Crippen LogP contribution in [0.4, 0.5) is 0 Å². The van der Waals surface area contributed by atoms with E-state index in [1.807, 2.05) is 12.1 Å². The summed E-state index contributed by atoms with van der Waals surface area (Å²) in [6.45, 7) is 0. The first-order chi connectivity index (χ1) is 25.8. The van der Waals surface area contributed by atoms with Crippen LogP contribution in [0.5, 0.6) is 0 Å². The minimum Gasteiger partial charge on any atom is -0.456 e. The maximum atomic E-state index is 6.20. The molecule has 12 aromatic rings. The lowest BCUT2D eigenvalue weighted by Crippen LogP contribution is -1.96. The molecule has 4 aromatic heterocycles. The molecule has 4 nitrogen and oxygen atoms in total. The van der Waals surface area contributed by atoms with Gasteiger partial charge in [-0.3, -0.25) is 0 Å². The van der Waals surface area contributed by atoms with Crippen molar-refractivity contribution in [2.75, 3.05) is 0 Å². The fourth-order valence-electron chi connectivity index (χ4n) is 8.86. The van der Waals surface area contributed by atoms with Gasteiger partial charge in [0, 0.05) is 60.2 Å². The third-order valence-corrected chi connectivity index (χ3v) is 11.0. The Hall–Kier alpha value is -7.04. The molecule has 4 heteroatoms. The lowest BCUT2D eigenvalue weighted by molar-refractivity contribution is 0.669. The van der Waals surface area contributed by atoms with Crippen LogP contribution in [0.15, 0.2) is 180 Å². The highest BCUT2D eigenvalue weighted by Crippen LogP contribution is 2.43. The van der Waals surface area contributed by atoms with Gasteiger partial charge in [-0.15, -0.1) is 0 Å². The number of nitrogens with zero attached hydrogens (tertiary/aromatic N) is 3. The van der Waals surface area contributed by atoms with Crippen molar-refractivity contribution in [3.05, 3.63) is 176 Å². The van der Waals surface area contributed by atoms with Crippen molar-refractivity contribution in [2.45, 2.75) is 0 Å². The highest BCUT2D eigenvalue weighted by Gasteiger charge is 2.22. The molecule has 0 saturated carbocycles. The Kier molecular flexibility index (Phi) is 5.47. The summed E-state index contributed by atoms with van der Waals surface area (Å²) < 4.78 is 13.5. The number of fused-ring (bicyclic) bond motifs is 13. The Morgan fingerprint density at radius 2 is 0.808 bits per heavy atom. The largest absolute Gasteiger partial charge is 0.456 e. The number of para-hydroxylation sites is 5. The zero-order valence-electron chi connectivity index (χ0n) is 28.0. The molecule has 0 fully saturated rings. The molecule has 0 N–H and O–H groups in total. The predicted octanol–water partition coefficient (Wildman–Crippen LogP) is 12.9.